The minimum absolute atomic E-state index is 0.127. The van der Waals surface area contributed by atoms with Crippen LogP contribution in [0.15, 0.2) is 48.5 Å². The first-order chi connectivity index (χ1) is 12.5. The number of nitrogens with zero attached hydrogens (tertiary/aromatic N) is 1. The topological polar surface area (TPSA) is 66.5 Å². The molecule has 1 heterocycles. The molecule has 0 bridgehead atoms. The number of nitrogens with one attached hydrogen (secondary N) is 1. The van der Waals surface area contributed by atoms with E-state index in [9.17, 15) is 14.4 Å². The second-order valence-electron chi connectivity index (χ2n) is 7.04. The Balaban J connectivity index is 1.55. The van der Waals surface area contributed by atoms with E-state index in [-0.39, 0.29) is 30.3 Å². The van der Waals surface area contributed by atoms with Gasteiger partial charge in [0.25, 0.3) is 17.7 Å². The first-order valence-corrected chi connectivity index (χ1v) is 8.89. The Bertz CT molecular complexity index is 887. The van der Waals surface area contributed by atoms with Crippen LogP contribution in [-0.2, 0) is 6.54 Å². The molecular formula is C21H20N2O3. The van der Waals surface area contributed by atoms with E-state index in [2.05, 4.69) is 5.32 Å². The average molecular weight is 348 g/mol. The summed E-state index contributed by atoms with van der Waals surface area (Å²) >= 11 is 0. The lowest BCUT2D eigenvalue weighted by Gasteiger charge is -2.13. The molecular weight excluding hydrogens is 328 g/mol. The maximum atomic E-state index is 12.7. The van der Waals surface area contributed by atoms with Crippen molar-refractivity contribution in [3.63, 3.8) is 0 Å². The van der Waals surface area contributed by atoms with Gasteiger partial charge < -0.3 is 5.32 Å². The van der Waals surface area contributed by atoms with E-state index < -0.39 is 0 Å². The van der Waals surface area contributed by atoms with E-state index in [0.717, 1.165) is 18.4 Å². The summed E-state index contributed by atoms with van der Waals surface area (Å²) in [6.07, 6.45) is 2.29. The second-order valence-corrected chi connectivity index (χ2v) is 7.04. The minimum Gasteiger partial charge on any atom is -0.349 e. The van der Waals surface area contributed by atoms with Gasteiger partial charge in [-0.15, -0.1) is 0 Å². The Morgan fingerprint density at radius 1 is 1.08 bits per heavy atom. The number of carbonyl (C=O) groups is 3. The fraction of sp³-hybridized carbons (Fsp3) is 0.286. The molecule has 0 spiro atoms. The monoisotopic (exact) mass is 348 g/mol. The molecule has 5 heteroatoms. The van der Waals surface area contributed by atoms with Crippen molar-refractivity contribution in [3.05, 3.63) is 70.8 Å². The summed E-state index contributed by atoms with van der Waals surface area (Å²) < 4.78 is 0. The molecule has 1 unspecified atom stereocenters. The van der Waals surface area contributed by atoms with Gasteiger partial charge in [-0.1, -0.05) is 30.3 Å². The number of amides is 3. The highest BCUT2D eigenvalue weighted by Crippen LogP contribution is 2.32. The quantitative estimate of drug-likeness (QED) is 0.845. The largest absolute Gasteiger partial charge is 0.349 e. The Kier molecular flexibility index (Phi) is 4.07. The molecule has 26 heavy (non-hydrogen) atoms. The lowest BCUT2D eigenvalue weighted by atomic mass is 10.0. The molecule has 1 atom stereocenters. The van der Waals surface area contributed by atoms with Crippen molar-refractivity contribution >= 4 is 17.7 Å². The van der Waals surface area contributed by atoms with E-state index >= 15 is 0 Å². The van der Waals surface area contributed by atoms with Crippen molar-refractivity contribution in [2.45, 2.75) is 32.4 Å². The maximum Gasteiger partial charge on any atom is 0.261 e. The van der Waals surface area contributed by atoms with Gasteiger partial charge in [-0.25, -0.2) is 0 Å². The Hall–Kier alpha value is -2.95. The van der Waals surface area contributed by atoms with Crippen LogP contribution in [0.3, 0.4) is 0 Å². The number of fused-ring (bicyclic) bond motifs is 1. The van der Waals surface area contributed by atoms with Crippen LogP contribution in [0.5, 0.6) is 0 Å². The summed E-state index contributed by atoms with van der Waals surface area (Å²) in [5.74, 6) is -0.308. The van der Waals surface area contributed by atoms with E-state index in [4.69, 9.17) is 0 Å². The zero-order valence-corrected chi connectivity index (χ0v) is 14.6. The van der Waals surface area contributed by atoms with Gasteiger partial charge in [0, 0.05) is 11.6 Å². The number of hydrogen-bond acceptors (Lipinski definition) is 3. The number of imide groups is 1. The molecule has 3 amide bonds. The molecule has 1 saturated carbocycles. The second kappa shape index (κ2) is 6.41. The van der Waals surface area contributed by atoms with Crippen molar-refractivity contribution in [2.24, 2.45) is 5.92 Å². The third-order valence-electron chi connectivity index (χ3n) is 5.10. The molecule has 1 N–H and O–H groups in total. The summed E-state index contributed by atoms with van der Waals surface area (Å²) in [6, 6.07) is 14.2. The third kappa shape index (κ3) is 3.01. The van der Waals surface area contributed by atoms with Crippen molar-refractivity contribution in [1.82, 2.24) is 10.2 Å². The number of benzene rings is 2. The first-order valence-electron chi connectivity index (χ1n) is 8.89. The van der Waals surface area contributed by atoms with Gasteiger partial charge in [0.2, 0.25) is 0 Å². The molecule has 2 aromatic carbocycles. The van der Waals surface area contributed by atoms with Crippen molar-refractivity contribution in [3.8, 4) is 0 Å². The van der Waals surface area contributed by atoms with Gasteiger partial charge in [-0.05, 0) is 49.4 Å². The zero-order chi connectivity index (χ0) is 18.3. The third-order valence-corrected chi connectivity index (χ3v) is 5.10. The predicted octanol–water partition coefficient (Wildman–Crippen LogP) is 3.01. The highest BCUT2D eigenvalue weighted by molar-refractivity contribution is 6.22. The van der Waals surface area contributed by atoms with Crippen LogP contribution in [0.4, 0.5) is 0 Å². The van der Waals surface area contributed by atoms with Crippen LogP contribution in [-0.4, -0.2) is 28.7 Å². The number of hydrogen-bond donors (Lipinski definition) is 1. The first kappa shape index (κ1) is 16.5. The maximum absolute atomic E-state index is 12.7. The number of carbonyl (C=O) groups excluding carboxylic acids is 3. The standard InChI is InChI=1S/C21H20N2O3/c1-13(15-7-8-15)22-19(24)16-9-10-17-18(11-16)21(26)23(20(17)25)12-14-5-3-2-4-6-14/h2-6,9-11,13,15H,7-8,12H2,1H3,(H,22,24). The number of rotatable bonds is 5. The highest BCUT2D eigenvalue weighted by Gasteiger charge is 2.36. The molecule has 0 saturated heterocycles. The molecule has 0 radical (unpaired) electrons. The van der Waals surface area contributed by atoms with Gasteiger partial charge in [0.1, 0.15) is 0 Å². The highest BCUT2D eigenvalue weighted by atomic mass is 16.2. The fourth-order valence-corrected chi connectivity index (χ4v) is 3.35. The lowest BCUT2D eigenvalue weighted by Crippen LogP contribution is -2.34. The molecule has 1 aliphatic heterocycles. The lowest BCUT2D eigenvalue weighted by molar-refractivity contribution is 0.0642. The summed E-state index contributed by atoms with van der Waals surface area (Å²) in [5, 5.41) is 2.98. The molecule has 0 aromatic heterocycles. The van der Waals surface area contributed by atoms with Gasteiger partial charge in [-0.3, -0.25) is 19.3 Å². The Morgan fingerprint density at radius 3 is 2.46 bits per heavy atom. The van der Waals surface area contributed by atoms with Crippen molar-refractivity contribution in [1.29, 1.82) is 0 Å². The van der Waals surface area contributed by atoms with Gasteiger partial charge in [0.15, 0.2) is 0 Å². The molecule has 5 nitrogen and oxygen atoms in total. The van der Waals surface area contributed by atoms with Crippen molar-refractivity contribution in [2.75, 3.05) is 0 Å². The molecule has 2 aromatic rings. The Labute approximate surface area is 152 Å². The molecule has 132 valence electrons. The summed E-state index contributed by atoms with van der Waals surface area (Å²) in [5.41, 5.74) is 1.97. The summed E-state index contributed by atoms with van der Waals surface area (Å²) in [7, 11) is 0. The van der Waals surface area contributed by atoms with Crippen LogP contribution in [0.2, 0.25) is 0 Å². The smallest absolute Gasteiger partial charge is 0.261 e. The van der Waals surface area contributed by atoms with Gasteiger partial charge >= 0.3 is 0 Å². The van der Waals surface area contributed by atoms with E-state index in [1.165, 1.54) is 11.0 Å². The molecule has 2 aliphatic rings. The normalized spacial score (nSPS) is 17.2. The van der Waals surface area contributed by atoms with Crippen LogP contribution in [0.1, 0.15) is 56.4 Å². The van der Waals surface area contributed by atoms with Crippen molar-refractivity contribution < 1.29 is 14.4 Å². The average Bonchev–Trinajstić information content (AvgIpc) is 3.47. The molecule has 4 rings (SSSR count). The predicted molar refractivity (Wildman–Crippen MR) is 96.7 cm³/mol. The van der Waals surface area contributed by atoms with Crippen LogP contribution >= 0.6 is 0 Å². The summed E-state index contributed by atoms with van der Waals surface area (Å²) in [6.45, 7) is 2.23. The van der Waals surface area contributed by atoms with E-state index in [1.54, 1.807) is 12.1 Å². The van der Waals surface area contributed by atoms with Crippen LogP contribution in [0.25, 0.3) is 0 Å². The zero-order valence-electron chi connectivity index (χ0n) is 14.6. The fourth-order valence-electron chi connectivity index (χ4n) is 3.35. The van der Waals surface area contributed by atoms with Gasteiger partial charge in [0.05, 0.1) is 17.7 Å². The SMILES string of the molecule is CC(NC(=O)c1ccc2c(c1)C(=O)N(Cc1ccccc1)C2=O)C1CC1. The molecule has 1 aliphatic carbocycles. The minimum atomic E-state index is -0.348. The summed E-state index contributed by atoms with van der Waals surface area (Å²) in [4.78, 5) is 38.9. The van der Waals surface area contributed by atoms with Crippen LogP contribution in [0, 0.1) is 5.92 Å². The van der Waals surface area contributed by atoms with E-state index in [1.807, 2.05) is 37.3 Å². The van der Waals surface area contributed by atoms with E-state index in [0.29, 0.717) is 22.6 Å². The van der Waals surface area contributed by atoms with Crippen LogP contribution < -0.4 is 5.32 Å². The Morgan fingerprint density at radius 2 is 1.77 bits per heavy atom. The molecule has 1 fully saturated rings. The van der Waals surface area contributed by atoms with Gasteiger partial charge in [-0.2, -0.15) is 0 Å².